The average molecular weight is 343 g/mol. The van der Waals surface area contributed by atoms with Crippen LogP contribution in [0.1, 0.15) is 18.5 Å². The number of nitrogens with zero attached hydrogens (tertiary/aromatic N) is 2. The summed E-state index contributed by atoms with van der Waals surface area (Å²) < 4.78 is 5.15. The molecule has 3 aromatic rings. The Bertz CT molecular complexity index is 836. The number of benzene rings is 2. The van der Waals surface area contributed by atoms with Gasteiger partial charge in [0.25, 0.3) is 0 Å². The number of nitrogens with one attached hydrogen (secondary N) is 2. The van der Waals surface area contributed by atoms with Crippen molar-refractivity contribution in [1.29, 1.82) is 0 Å². The van der Waals surface area contributed by atoms with E-state index in [-0.39, 0.29) is 12.1 Å². The molecule has 2 N–H and O–H groups in total. The first-order valence-electron chi connectivity index (χ1n) is 7.31. The molecule has 0 spiro atoms. The van der Waals surface area contributed by atoms with Gasteiger partial charge in [0.2, 0.25) is 12.3 Å². The van der Waals surface area contributed by atoms with Crippen LogP contribution in [0.25, 0.3) is 11.5 Å². The number of hydrogen-bond donors (Lipinski definition) is 2. The third-order valence-electron chi connectivity index (χ3n) is 3.42. The summed E-state index contributed by atoms with van der Waals surface area (Å²) in [5.74, 6) is 0.395. The van der Waals surface area contributed by atoms with Crippen molar-refractivity contribution in [2.75, 3.05) is 5.32 Å². The van der Waals surface area contributed by atoms with Crippen LogP contribution in [-0.4, -0.2) is 16.2 Å². The van der Waals surface area contributed by atoms with Crippen LogP contribution in [0.2, 0.25) is 5.02 Å². The summed E-state index contributed by atoms with van der Waals surface area (Å²) in [7, 11) is 0. The van der Waals surface area contributed by atoms with E-state index in [1.54, 1.807) is 24.3 Å². The Morgan fingerprint density at radius 3 is 2.79 bits per heavy atom. The van der Waals surface area contributed by atoms with E-state index in [1.165, 1.54) is 6.39 Å². The Labute approximate surface area is 143 Å². The lowest BCUT2D eigenvalue weighted by molar-refractivity contribution is 0.249. The van der Waals surface area contributed by atoms with Gasteiger partial charge in [0, 0.05) is 16.3 Å². The first-order valence-corrected chi connectivity index (χ1v) is 7.69. The smallest absolute Gasteiger partial charge is 0.319 e. The average Bonchev–Trinajstić information content (AvgIpc) is 3.09. The van der Waals surface area contributed by atoms with Gasteiger partial charge in [0.05, 0.1) is 6.04 Å². The summed E-state index contributed by atoms with van der Waals surface area (Å²) in [4.78, 5) is 12.2. The van der Waals surface area contributed by atoms with Crippen LogP contribution in [0.15, 0.2) is 59.3 Å². The van der Waals surface area contributed by atoms with Crippen molar-refractivity contribution in [3.05, 3.63) is 65.5 Å². The van der Waals surface area contributed by atoms with E-state index in [4.69, 9.17) is 16.0 Å². The van der Waals surface area contributed by atoms with Gasteiger partial charge in [0.1, 0.15) is 0 Å². The SMILES string of the molecule is C[C@H](NC(=O)Nc1cccc(-c2nnco2)c1)c1cccc(Cl)c1. The second kappa shape index (κ2) is 7.14. The van der Waals surface area contributed by atoms with Crippen molar-refractivity contribution in [2.24, 2.45) is 0 Å². The van der Waals surface area contributed by atoms with Crippen molar-refractivity contribution in [3.63, 3.8) is 0 Å². The lowest BCUT2D eigenvalue weighted by atomic mass is 10.1. The molecule has 1 atom stereocenters. The molecular weight excluding hydrogens is 328 g/mol. The number of halogens is 1. The monoisotopic (exact) mass is 342 g/mol. The molecule has 1 aromatic heterocycles. The van der Waals surface area contributed by atoms with Crippen molar-refractivity contribution < 1.29 is 9.21 Å². The van der Waals surface area contributed by atoms with Gasteiger partial charge in [-0.1, -0.05) is 29.8 Å². The molecule has 1 heterocycles. The normalized spacial score (nSPS) is 11.8. The topological polar surface area (TPSA) is 80.0 Å². The number of carbonyl (C=O) groups excluding carboxylic acids is 1. The van der Waals surface area contributed by atoms with Crippen LogP contribution >= 0.6 is 11.6 Å². The summed E-state index contributed by atoms with van der Waals surface area (Å²) in [6, 6.07) is 14.0. The Balaban J connectivity index is 1.66. The zero-order valence-corrected chi connectivity index (χ0v) is 13.6. The maximum absolute atomic E-state index is 12.2. The summed E-state index contributed by atoms with van der Waals surface area (Å²) in [6.07, 6.45) is 1.26. The van der Waals surface area contributed by atoms with Crippen LogP contribution < -0.4 is 10.6 Å². The molecule has 0 bridgehead atoms. The molecule has 0 radical (unpaired) electrons. The van der Waals surface area contributed by atoms with Crippen LogP contribution in [0.5, 0.6) is 0 Å². The fourth-order valence-electron chi connectivity index (χ4n) is 2.25. The van der Waals surface area contributed by atoms with Crippen LogP contribution in [-0.2, 0) is 0 Å². The standard InChI is InChI=1S/C17H15ClN4O2/c1-11(12-4-2-6-14(18)8-12)20-17(23)21-15-7-3-5-13(9-15)16-22-19-10-24-16/h2-11H,1H3,(H2,20,21,23)/t11-/m0/s1. The number of anilines is 1. The van der Waals surface area contributed by atoms with Gasteiger partial charge in [0.15, 0.2) is 0 Å². The molecule has 0 aliphatic heterocycles. The second-order valence-corrected chi connectivity index (χ2v) is 5.64. The summed E-state index contributed by atoms with van der Waals surface area (Å²) in [6.45, 7) is 1.89. The first-order chi connectivity index (χ1) is 11.6. The number of amides is 2. The summed E-state index contributed by atoms with van der Waals surface area (Å²) >= 11 is 5.97. The molecule has 7 heteroatoms. The Morgan fingerprint density at radius 2 is 2.04 bits per heavy atom. The molecule has 0 unspecified atom stereocenters. The highest BCUT2D eigenvalue weighted by molar-refractivity contribution is 6.30. The van der Waals surface area contributed by atoms with Gasteiger partial charge < -0.3 is 15.1 Å². The van der Waals surface area contributed by atoms with Crippen molar-refractivity contribution in [1.82, 2.24) is 15.5 Å². The molecule has 2 aromatic carbocycles. The van der Waals surface area contributed by atoms with Gasteiger partial charge >= 0.3 is 6.03 Å². The van der Waals surface area contributed by atoms with Crippen molar-refractivity contribution in [3.8, 4) is 11.5 Å². The molecular formula is C17H15ClN4O2. The Morgan fingerprint density at radius 1 is 1.21 bits per heavy atom. The third kappa shape index (κ3) is 3.91. The highest BCUT2D eigenvalue weighted by atomic mass is 35.5. The van der Waals surface area contributed by atoms with Gasteiger partial charge in [-0.05, 0) is 42.8 Å². The number of rotatable bonds is 4. The maximum atomic E-state index is 12.2. The van der Waals surface area contributed by atoms with Crippen molar-refractivity contribution >= 4 is 23.3 Å². The van der Waals surface area contributed by atoms with Gasteiger partial charge in [-0.15, -0.1) is 10.2 Å². The van der Waals surface area contributed by atoms with Crippen LogP contribution in [0.3, 0.4) is 0 Å². The van der Waals surface area contributed by atoms with Gasteiger partial charge in [-0.2, -0.15) is 0 Å². The number of hydrogen-bond acceptors (Lipinski definition) is 4. The molecule has 0 saturated heterocycles. The predicted octanol–water partition coefficient (Wildman–Crippen LogP) is 4.27. The molecule has 0 fully saturated rings. The van der Waals surface area contributed by atoms with E-state index in [0.29, 0.717) is 16.6 Å². The minimum absolute atomic E-state index is 0.178. The molecule has 2 amide bonds. The van der Waals surface area contributed by atoms with E-state index in [2.05, 4.69) is 20.8 Å². The zero-order valence-electron chi connectivity index (χ0n) is 12.9. The summed E-state index contributed by atoms with van der Waals surface area (Å²) in [5, 5.41) is 13.8. The number of aromatic nitrogens is 2. The quantitative estimate of drug-likeness (QED) is 0.741. The molecule has 0 aliphatic carbocycles. The summed E-state index contributed by atoms with van der Waals surface area (Å²) in [5.41, 5.74) is 2.28. The van der Waals surface area contributed by atoms with E-state index < -0.39 is 0 Å². The largest absolute Gasteiger partial charge is 0.423 e. The Kier molecular flexibility index (Phi) is 4.77. The number of urea groups is 1. The minimum Gasteiger partial charge on any atom is -0.423 e. The molecule has 122 valence electrons. The Hall–Kier alpha value is -2.86. The molecule has 0 saturated carbocycles. The van der Waals surface area contributed by atoms with E-state index >= 15 is 0 Å². The maximum Gasteiger partial charge on any atom is 0.319 e. The van der Waals surface area contributed by atoms with Gasteiger partial charge in [-0.25, -0.2) is 4.79 Å². The van der Waals surface area contributed by atoms with E-state index in [1.807, 2.05) is 31.2 Å². The van der Waals surface area contributed by atoms with Gasteiger partial charge in [-0.3, -0.25) is 0 Å². The molecule has 6 nitrogen and oxygen atoms in total. The lowest BCUT2D eigenvalue weighted by Gasteiger charge is -2.15. The number of carbonyl (C=O) groups is 1. The van der Waals surface area contributed by atoms with Crippen LogP contribution in [0, 0.1) is 0 Å². The first kappa shape index (κ1) is 16.0. The molecule has 24 heavy (non-hydrogen) atoms. The van der Waals surface area contributed by atoms with Crippen molar-refractivity contribution in [2.45, 2.75) is 13.0 Å². The third-order valence-corrected chi connectivity index (χ3v) is 3.66. The predicted molar refractivity (Wildman–Crippen MR) is 91.8 cm³/mol. The highest BCUT2D eigenvalue weighted by Crippen LogP contribution is 2.21. The molecule has 0 aliphatic rings. The fourth-order valence-corrected chi connectivity index (χ4v) is 2.45. The van der Waals surface area contributed by atoms with Crippen LogP contribution in [0.4, 0.5) is 10.5 Å². The fraction of sp³-hybridized carbons (Fsp3) is 0.118. The van der Waals surface area contributed by atoms with E-state index in [0.717, 1.165) is 11.1 Å². The minimum atomic E-state index is -0.315. The lowest BCUT2D eigenvalue weighted by Crippen LogP contribution is -2.31. The zero-order chi connectivity index (χ0) is 16.9. The second-order valence-electron chi connectivity index (χ2n) is 5.20. The van der Waals surface area contributed by atoms with E-state index in [9.17, 15) is 4.79 Å². The highest BCUT2D eigenvalue weighted by Gasteiger charge is 2.11. The molecule has 3 rings (SSSR count).